The van der Waals surface area contributed by atoms with Gasteiger partial charge in [-0.3, -0.25) is 9.59 Å². The average Bonchev–Trinajstić information content (AvgIpc) is 3.07. The number of amides is 2. The number of carbonyl (C=O) groups excluding carboxylic acids is 2. The minimum atomic E-state index is -0.476. The number of ether oxygens (including phenoxy) is 1. The summed E-state index contributed by atoms with van der Waals surface area (Å²) in [5.74, 6) is -0.271. The van der Waals surface area contributed by atoms with Gasteiger partial charge in [-0.1, -0.05) is 18.2 Å². The molecular weight excluding hydrogens is 403 g/mol. The van der Waals surface area contributed by atoms with Crippen molar-refractivity contribution in [2.24, 2.45) is 0 Å². The van der Waals surface area contributed by atoms with Crippen LogP contribution in [0.2, 0.25) is 0 Å². The van der Waals surface area contributed by atoms with Crippen LogP contribution in [0.5, 0.6) is 5.75 Å². The molecule has 2 aromatic carbocycles. The molecule has 3 rings (SSSR count). The van der Waals surface area contributed by atoms with E-state index in [1.165, 1.54) is 35.6 Å². The zero-order valence-corrected chi connectivity index (χ0v) is 17.9. The van der Waals surface area contributed by atoms with Gasteiger partial charge in [0.2, 0.25) is 0 Å². The lowest BCUT2D eigenvalue weighted by molar-refractivity contribution is 0.0777. The van der Waals surface area contributed by atoms with Crippen molar-refractivity contribution in [3.63, 3.8) is 0 Å². The van der Waals surface area contributed by atoms with Gasteiger partial charge in [0.25, 0.3) is 11.8 Å². The minimum absolute atomic E-state index is 0.142. The largest absolute Gasteiger partial charge is 0.492 e. The fourth-order valence-corrected chi connectivity index (χ4v) is 3.91. The van der Waals surface area contributed by atoms with E-state index in [1.54, 1.807) is 18.0 Å². The lowest BCUT2D eigenvalue weighted by atomic mass is 10.2. The molecule has 0 aliphatic heterocycles. The molecule has 0 aliphatic rings. The maximum Gasteiger partial charge on any atom is 0.264 e. The summed E-state index contributed by atoms with van der Waals surface area (Å²) in [5, 5.41) is 3.26. The standard InChI is InChI=1S/C23H23FN2O3S/c1-15-6-4-9-19(12-15)29-11-10-26(3)23(28)21-16(2)13-20(30-21)25-22(27)17-7-5-8-18(24)14-17/h4-9,12-14H,10-11H2,1-3H3,(H,25,27). The van der Waals surface area contributed by atoms with Crippen molar-refractivity contribution in [2.45, 2.75) is 13.8 Å². The SMILES string of the molecule is Cc1cccc(OCCN(C)C(=O)c2sc(NC(=O)c3cccc(F)c3)cc2C)c1. The number of halogens is 1. The molecule has 7 heteroatoms. The first-order valence-corrected chi connectivity index (χ1v) is 10.3. The van der Waals surface area contributed by atoms with E-state index in [0.717, 1.165) is 16.9 Å². The van der Waals surface area contributed by atoms with Crippen LogP contribution in [0, 0.1) is 19.7 Å². The smallest absolute Gasteiger partial charge is 0.264 e. The highest BCUT2D eigenvalue weighted by molar-refractivity contribution is 7.18. The highest BCUT2D eigenvalue weighted by Crippen LogP contribution is 2.28. The Morgan fingerprint density at radius 3 is 2.60 bits per heavy atom. The Bertz CT molecular complexity index is 1060. The van der Waals surface area contributed by atoms with Gasteiger partial charge in [0, 0.05) is 12.6 Å². The lowest BCUT2D eigenvalue weighted by Gasteiger charge is -2.17. The molecule has 0 unspecified atom stereocenters. The van der Waals surface area contributed by atoms with Gasteiger partial charge in [-0.15, -0.1) is 11.3 Å². The first-order chi connectivity index (χ1) is 14.3. The van der Waals surface area contributed by atoms with Crippen molar-refractivity contribution >= 4 is 28.2 Å². The normalized spacial score (nSPS) is 10.5. The summed E-state index contributed by atoms with van der Waals surface area (Å²) in [6.45, 7) is 4.61. The number of hydrogen-bond acceptors (Lipinski definition) is 4. The van der Waals surface area contributed by atoms with Gasteiger partial charge in [0.05, 0.1) is 16.4 Å². The molecule has 5 nitrogen and oxygen atoms in total. The zero-order valence-electron chi connectivity index (χ0n) is 17.1. The number of thiophene rings is 1. The molecule has 30 heavy (non-hydrogen) atoms. The lowest BCUT2D eigenvalue weighted by Crippen LogP contribution is -2.30. The fourth-order valence-electron chi connectivity index (χ4n) is 2.85. The zero-order chi connectivity index (χ0) is 21.7. The molecule has 1 aromatic heterocycles. The van der Waals surface area contributed by atoms with Crippen molar-refractivity contribution < 1.29 is 18.7 Å². The third-order valence-corrected chi connectivity index (χ3v) is 5.61. The molecule has 3 aromatic rings. The summed E-state index contributed by atoms with van der Waals surface area (Å²) >= 11 is 1.20. The Morgan fingerprint density at radius 1 is 1.10 bits per heavy atom. The molecule has 2 amide bonds. The van der Waals surface area contributed by atoms with Crippen molar-refractivity contribution in [1.29, 1.82) is 0 Å². The molecule has 0 saturated heterocycles. The molecule has 1 heterocycles. The van der Waals surface area contributed by atoms with Gasteiger partial charge >= 0.3 is 0 Å². The number of anilines is 1. The number of aryl methyl sites for hydroxylation is 2. The maximum atomic E-state index is 13.3. The Morgan fingerprint density at radius 2 is 1.87 bits per heavy atom. The number of nitrogens with one attached hydrogen (secondary N) is 1. The maximum absolute atomic E-state index is 13.3. The van der Waals surface area contributed by atoms with Gasteiger partial charge in [-0.25, -0.2) is 4.39 Å². The predicted octanol–water partition coefficient (Wildman–Crippen LogP) is 4.91. The van der Waals surface area contributed by atoms with Crippen molar-refractivity contribution in [2.75, 3.05) is 25.5 Å². The highest BCUT2D eigenvalue weighted by atomic mass is 32.1. The number of hydrogen-bond donors (Lipinski definition) is 1. The van der Waals surface area contributed by atoms with E-state index in [9.17, 15) is 14.0 Å². The topological polar surface area (TPSA) is 58.6 Å². The second-order valence-corrected chi connectivity index (χ2v) is 8.03. The van der Waals surface area contributed by atoms with Crippen LogP contribution in [0.1, 0.15) is 31.2 Å². The number of likely N-dealkylation sites (N-methyl/N-ethyl adjacent to an activating group) is 1. The summed E-state index contributed by atoms with van der Waals surface area (Å²) in [7, 11) is 1.71. The van der Waals surface area contributed by atoms with E-state index < -0.39 is 11.7 Å². The molecule has 0 aliphatic carbocycles. The van der Waals surface area contributed by atoms with E-state index in [-0.39, 0.29) is 11.5 Å². The minimum Gasteiger partial charge on any atom is -0.492 e. The Kier molecular flexibility index (Phi) is 6.84. The third kappa shape index (κ3) is 5.45. The van der Waals surface area contributed by atoms with Gasteiger partial charge in [0.15, 0.2) is 0 Å². The van der Waals surface area contributed by atoms with Gasteiger partial charge in [0.1, 0.15) is 18.2 Å². The van der Waals surface area contributed by atoms with E-state index in [2.05, 4.69) is 5.32 Å². The molecule has 0 spiro atoms. The second-order valence-electron chi connectivity index (χ2n) is 6.98. The number of nitrogens with zero attached hydrogens (tertiary/aromatic N) is 1. The van der Waals surface area contributed by atoms with Crippen LogP contribution in [0.15, 0.2) is 54.6 Å². The Hall–Kier alpha value is -3.19. The van der Waals surface area contributed by atoms with E-state index in [0.29, 0.717) is 23.0 Å². The molecule has 156 valence electrons. The number of carbonyl (C=O) groups is 2. The third-order valence-electron chi connectivity index (χ3n) is 4.47. The van der Waals surface area contributed by atoms with Gasteiger partial charge in [-0.05, 0) is 61.4 Å². The van der Waals surface area contributed by atoms with E-state index in [4.69, 9.17) is 4.74 Å². The molecule has 1 N–H and O–H groups in total. The first-order valence-electron chi connectivity index (χ1n) is 9.46. The van der Waals surface area contributed by atoms with Crippen molar-refractivity contribution in [1.82, 2.24) is 4.90 Å². The van der Waals surface area contributed by atoms with E-state index in [1.807, 2.05) is 38.1 Å². The summed E-state index contributed by atoms with van der Waals surface area (Å²) in [6, 6.07) is 14.9. The van der Waals surface area contributed by atoms with Crippen molar-refractivity contribution in [3.8, 4) is 5.75 Å². The van der Waals surface area contributed by atoms with Crippen LogP contribution in [-0.4, -0.2) is 36.9 Å². The molecular formula is C23H23FN2O3S. The first kappa shape index (κ1) is 21.5. The molecule has 0 atom stereocenters. The summed E-state index contributed by atoms with van der Waals surface area (Å²) in [4.78, 5) is 27.2. The average molecular weight is 427 g/mol. The van der Waals surface area contributed by atoms with Crippen LogP contribution in [-0.2, 0) is 0 Å². The summed E-state index contributed by atoms with van der Waals surface area (Å²) < 4.78 is 19.0. The quantitative estimate of drug-likeness (QED) is 0.584. The van der Waals surface area contributed by atoms with Crippen LogP contribution in [0.3, 0.4) is 0 Å². The number of rotatable bonds is 7. The summed E-state index contributed by atoms with van der Waals surface area (Å²) in [5.41, 5.74) is 2.10. The predicted molar refractivity (Wildman–Crippen MR) is 117 cm³/mol. The molecule has 0 saturated carbocycles. The molecule has 0 bridgehead atoms. The van der Waals surface area contributed by atoms with Crippen LogP contribution >= 0.6 is 11.3 Å². The van der Waals surface area contributed by atoms with Crippen LogP contribution < -0.4 is 10.1 Å². The summed E-state index contributed by atoms with van der Waals surface area (Å²) in [6.07, 6.45) is 0. The van der Waals surface area contributed by atoms with Crippen LogP contribution in [0.25, 0.3) is 0 Å². The van der Waals surface area contributed by atoms with Crippen LogP contribution in [0.4, 0.5) is 9.39 Å². The fraction of sp³-hybridized carbons (Fsp3) is 0.217. The Labute approximate surface area is 179 Å². The number of benzene rings is 2. The highest BCUT2D eigenvalue weighted by Gasteiger charge is 2.19. The van der Waals surface area contributed by atoms with E-state index >= 15 is 0 Å². The molecule has 0 radical (unpaired) electrons. The monoisotopic (exact) mass is 426 g/mol. The van der Waals surface area contributed by atoms with Gasteiger partial charge in [-0.2, -0.15) is 0 Å². The Balaban J connectivity index is 1.59. The van der Waals surface area contributed by atoms with Gasteiger partial charge < -0.3 is 15.0 Å². The molecule has 0 fully saturated rings. The second kappa shape index (κ2) is 9.54. The van der Waals surface area contributed by atoms with Crippen molar-refractivity contribution in [3.05, 3.63) is 82.0 Å².